The molecule has 1 fully saturated rings. The second-order valence-electron chi connectivity index (χ2n) is 8.59. The van der Waals surface area contributed by atoms with E-state index in [1.807, 2.05) is 59.3 Å². The van der Waals surface area contributed by atoms with Gasteiger partial charge < -0.3 is 9.64 Å². The predicted octanol–water partition coefficient (Wildman–Crippen LogP) is 6.90. The quantitative estimate of drug-likeness (QED) is 0.254. The van der Waals surface area contributed by atoms with Gasteiger partial charge in [-0.1, -0.05) is 72.3 Å². The fraction of sp³-hybridized carbons (Fsp3) is 0.259. The Morgan fingerprint density at radius 2 is 1.80 bits per heavy atom. The third-order valence-electron chi connectivity index (χ3n) is 6.24. The monoisotopic (exact) mass is 509 g/mol. The third-order valence-corrected chi connectivity index (χ3v) is 7.60. The average Bonchev–Trinajstić information content (AvgIpc) is 3.52. The first-order chi connectivity index (χ1) is 17.1. The summed E-state index contributed by atoms with van der Waals surface area (Å²) in [5.41, 5.74) is 3.00. The van der Waals surface area contributed by atoms with Crippen molar-refractivity contribution in [3.8, 4) is 0 Å². The maximum Gasteiger partial charge on any atom is 0.410 e. The van der Waals surface area contributed by atoms with Gasteiger partial charge >= 0.3 is 6.09 Å². The van der Waals surface area contributed by atoms with Gasteiger partial charge in [0, 0.05) is 22.6 Å². The maximum absolute atomic E-state index is 13.9. The zero-order chi connectivity index (χ0) is 24.2. The summed E-state index contributed by atoms with van der Waals surface area (Å²) < 4.78 is 21.2. The summed E-state index contributed by atoms with van der Waals surface area (Å²) in [4.78, 5) is 15.3. The van der Waals surface area contributed by atoms with E-state index in [-0.39, 0.29) is 12.6 Å². The van der Waals surface area contributed by atoms with Gasteiger partial charge in [0.15, 0.2) is 0 Å². The van der Waals surface area contributed by atoms with Crippen molar-refractivity contribution in [1.82, 2.24) is 14.7 Å². The SMILES string of the molecule is O=C(OCc1ccccc1)N1C[C@@H](n2ncc3c(Cl)cc(SCc4ccccc4)cc32)C[C@@H]1CF. The molecule has 0 unspecified atom stereocenters. The molecule has 1 amide bonds. The number of carbonyl (C=O) groups excluding carboxylic acids is 1. The average molecular weight is 510 g/mol. The number of hydrogen-bond acceptors (Lipinski definition) is 4. The van der Waals surface area contributed by atoms with E-state index in [1.54, 1.807) is 18.0 Å². The fourth-order valence-electron chi connectivity index (χ4n) is 4.44. The summed E-state index contributed by atoms with van der Waals surface area (Å²) in [7, 11) is 0. The first kappa shape index (κ1) is 23.7. The molecule has 3 aromatic carbocycles. The van der Waals surface area contributed by atoms with Crippen molar-refractivity contribution in [2.24, 2.45) is 0 Å². The van der Waals surface area contributed by atoms with Gasteiger partial charge in [-0.15, -0.1) is 11.8 Å². The zero-order valence-corrected chi connectivity index (χ0v) is 20.6. The van der Waals surface area contributed by atoms with Crippen LogP contribution < -0.4 is 0 Å². The topological polar surface area (TPSA) is 47.4 Å². The molecule has 180 valence electrons. The van der Waals surface area contributed by atoms with Crippen LogP contribution in [-0.2, 0) is 17.1 Å². The Hall–Kier alpha value is -3.03. The Bertz CT molecular complexity index is 1300. The molecule has 2 heterocycles. The number of amides is 1. The molecule has 0 radical (unpaired) electrons. The van der Waals surface area contributed by atoms with Crippen LogP contribution >= 0.6 is 23.4 Å². The highest BCUT2D eigenvalue weighted by Gasteiger charge is 2.38. The zero-order valence-electron chi connectivity index (χ0n) is 19.0. The van der Waals surface area contributed by atoms with Crippen molar-refractivity contribution < 1.29 is 13.9 Å². The van der Waals surface area contributed by atoms with E-state index in [9.17, 15) is 9.18 Å². The number of fused-ring (bicyclic) bond motifs is 1. The molecule has 0 N–H and O–H groups in total. The number of ether oxygens (including phenoxy) is 1. The summed E-state index contributed by atoms with van der Waals surface area (Å²) in [6.07, 6.45) is 1.70. The van der Waals surface area contributed by atoms with E-state index in [1.165, 1.54) is 10.5 Å². The molecule has 1 aromatic heterocycles. The minimum atomic E-state index is -0.630. The number of rotatable bonds is 7. The number of carbonyl (C=O) groups is 1. The van der Waals surface area contributed by atoms with Crippen LogP contribution in [0.3, 0.4) is 0 Å². The van der Waals surface area contributed by atoms with Gasteiger partial charge in [-0.25, -0.2) is 9.18 Å². The Kier molecular flexibility index (Phi) is 7.25. The molecular weight excluding hydrogens is 485 g/mol. The number of thioether (sulfide) groups is 1. The van der Waals surface area contributed by atoms with Gasteiger partial charge in [-0.3, -0.25) is 4.68 Å². The van der Waals surface area contributed by atoms with Crippen LogP contribution in [0.15, 0.2) is 83.9 Å². The second-order valence-corrected chi connectivity index (χ2v) is 10.0. The van der Waals surface area contributed by atoms with Gasteiger partial charge in [-0.05, 0) is 29.7 Å². The first-order valence-corrected chi connectivity index (χ1v) is 12.9. The van der Waals surface area contributed by atoms with Crippen LogP contribution in [-0.4, -0.2) is 40.0 Å². The van der Waals surface area contributed by atoms with Crippen LogP contribution in [0.1, 0.15) is 23.6 Å². The van der Waals surface area contributed by atoms with Gasteiger partial charge in [-0.2, -0.15) is 5.10 Å². The van der Waals surface area contributed by atoms with Crippen LogP contribution in [0.25, 0.3) is 10.9 Å². The highest BCUT2D eigenvalue weighted by Crippen LogP contribution is 2.36. The predicted molar refractivity (Wildman–Crippen MR) is 137 cm³/mol. The highest BCUT2D eigenvalue weighted by molar-refractivity contribution is 7.98. The summed E-state index contributed by atoms with van der Waals surface area (Å²) in [6.45, 7) is -0.144. The molecule has 0 saturated carbocycles. The van der Waals surface area contributed by atoms with Crippen molar-refractivity contribution >= 4 is 40.4 Å². The van der Waals surface area contributed by atoms with Crippen LogP contribution in [0, 0.1) is 0 Å². The largest absolute Gasteiger partial charge is 0.445 e. The van der Waals surface area contributed by atoms with E-state index in [0.29, 0.717) is 18.0 Å². The lowest BCUT2D eigenvalue weighted by molar-refractivity contribution is 0.0871. The fourth-order valence-corrected chi connectivity index (χ4v) is 5.68. The van der Waals surface area contributed by atoms with E-state index in [4.69, 9.17) is 16.3 Å². The molecule has 0 aliphatic carbocycles. The minimum absolute atomic E-state index is 0.155. The molecule has 0 spiro atoms. The molecule has 8 heteroatoms. The van der Waals surface area contributed by atoms with Crippen LogP contribution in [0.5, 0.6) is 0 Å². The molecule has 35 heavy (non-hydrogen) atoms. The van der Waals surface area contributed by atoms with E-state index in [0.717, 1.165) is 27.1 Å². The molecule has 0 bridgehead atoms. The smallest absolute Gasteiger partial charge is 0.410 e. The highest BCUT2D eigenvalue weighted by atomic mass is 35.5. The molecule has 5 nitrogen and oxygen atoms in total. The molecule has 2 atom stereocenters. The number of nitrogens with zero attached hydrogens (tertiary/aromatic N) is 3. The van der Waals surface area contributed by atoms with Crippen LogP contribution in [0.2, 0.25) is 5.02 Å². The van der Waals surface area contributed by atoms with Gasteiger partial charge in [0.2, 0.25) is 0 Å². The third kappa shape index (κ3) is 5.31. The van der Waals surface area contributed by atoms with Gasteiger partial charge in [0.05, 0.1) is 28.8 Å². The lowest BCUT2D eigenvalue weighted by Crippen LogP contribution is -2.37. The lowest BCUT2D eigenvalue weighted by Gasteiger charge is -2.21. The Labute approximate surface area is 212 Å². The molecular formula is C27H25ClFN3O2S. The Morgan fingerprint density at radius 3 is 2.51 bits per heavy atom. The normalized spacial score (nSPS) is 17.7. The summed E-state index contributed by atoms with van der Waals surface area (Å²) in [6, 6.07) is 23.0. The summed E-state index contributed by atoms with van der Waals surface area (Å²) in [5, 5.41) is 6.05. The van der Waals surface area contributed by atoms with Gasteiger partial charge in [0.1, 0.15) is 13.3 Å². The van der Waals surface area contributed by atoms with Crippen molar-refractivity contribution in [1.29, 1.82) is 0 Å². The molecule has 5 rings (SSSR count). The van der Waals surface area contributed by atoms with E-state index in [2.05, 4.69) is 23.3 Å². The van der Waals surface area contributed by atoms with Crippen molar-refractivity contribution in [3.05, 3.63) is 95.1 Å². The lowest BCUT2D eigenvalue weighted by atomic mass is 10.2. The van der Waals surface area contributed by atoms with E-state index >= 15 is 0 Å². The van der Waals surface area contributed by atoms with E-state index < -0.39 is 18.8 Å². The molecule has 4 aromatic rings. The standard InChI is InChI=1S/C27H25ClFN3O2S/c28-25-12-23(35-18-20-9-5-2-6-10-20)13-26-24(25)15-30-32(26)22-11-21(14-29)31(16-22)27(33)34-17-19-7-3-1-4-8-19/h1-10,12-13,15,21-22H,11,14,16-18H2/t21-,22+/m1/s1. The number of alkyl halides is 1. The Morgan fingerprint density at radius 1 is 1.09 bits per heavy atom. The summed E-state index contributed by atoms with van der Waals surface area (Å²) in [5.74, 6) is 0.825. The minimum Gasteiger partial charge on any atom is -0.445 e. The van der Waals surface area contributed by atoms with Gasteiger partial charge in [0.25, 0.3) is 0 Å². The van der Waals surface area contributed by atoms with Crippen molar-refractivity contribution in [2.45, 2.75) is 35.8 Å². The number of benzene rings is 3. The Balaban J connectivity index is 1.32. The second kappa shape index (κ2) is 10.7. The molecule has 1 saturated heterocycles. The van der Waals surface area contributed by atoms with Crippen LogP contribution in [0.4, 0.5) is 9.18 Å². The number of hydrogen-bond donors (Lipinski definition) is 0. The first-order valence-electron chi connectivity index (χ1n) is 11.5. The molecule has 1 aliphatic heterocycles. The summed E-state index contributed by atoms with van der Waals surface area (Å²) >= 11 is 8.29. The number of aromatic nitrogens is 2. The number of halogens is 2. The molecule has 1 aliphatic rings. The van der Waals surface area contributed by atoms with Crippen molar-refractivity contribution in [2.75, 3.05) is 13.2 Å². The number of likely N-dealkylation sites (tertiary alicyclic amines) is 1. The van der Waals surface area contributed by atoms with Crippen molar-refractivity contribution in [3.63, 3.8) is 0 Å². The maximum atomic E-state index is 13.9.